The molecule has 7 heteroatoms. The summed E-state index contributed by atoms with van der Waals surface area (Å²) in [6, 6.07) is 27.2. The molecule has 1 amide bonds. The van der Waals surface area contributed by atoms with Gasteiger partial charge in [0.05, 0.1) is 22.6 Å². The highest BCUT2D eigenvalue weighted by Gasteiger charge is 2.25. The summed E-state index contributed by atoms with van der Waals surface area (Å²) >= 11 is 7.43. The number of nitrogens with one attached hydrogen (secondary N) is 1. The number of amides is 1. The molecule has 1 aromatic heterocycles. The Balaban J connectivity index is 1.79. The lowest BCUT2D eigenvalue weighted by molar-refractivity contribution is 0.101. The van der Waals surface area contributed by atoms with Gasteiger partial charge in [-0.1, -0.05) is 84.0 Å². The molecular weight excluding hydrogens is 478 g/mol. The van der Waals surface area contributed by atoms with Crippen molar-refractivity contribution in [3.63, 3.8) is 0 Å². The molecule has 1 heterocycles. The molecule has 172 valence electrons. The first-order chi connectivity index (χ1) is 17.0. The number of aryl methyl sites for hydroxylation is 1. The van der Waals surface area contributed by atoms with Gasteiger partial charge in [0.2, 0.25) is 0 Å². The van der Waals surface area contributed by atoms with Crippen LogP contribution in [0.2, 0.25) is 5.02 Å². The molecule has 0 saturated heterocycles. The van der Waals surface area contributed by atoms with Gasteiger partial charge in [-0.05, 0) is 36.8 Å². The number of nitriles is 1. The first-order valence-corrected chi connectivity index (χ1v) is 12.1. The lowest BCUT2D eigenvalue weighted by atomic mass is 9.94. The molecule has 0 unspecified atom stereocenters. The van der Waals surface area contributed by atoms with Gasteiger partial charge in [0.1, 0.15) is 11.1 Å². The van der Waals surface area contributed by atoms with Crippen LogP contribution in [0.4, 0.5) is 5.69 Å². The monoisotopic (exact) mass is 497 g/mol. The first kappa shape index (κ1) is 24.2. The van der Waals surface area contributed by atoms with Crippen molar-refractivity contribution in [2.75, 3.05) is 11.1 Å². The summed E-state index contributed by atoms with van der Waals surface area (Å²) in [5.74, 6) is -0.353. The molecule has 0 aliphatic rings. The normalized spacial score (nSPS) is 10.4. The molecule has 5 nitrogen and oxygen atoms in total. The minimum Gasteiger partial charge on any atom is -0.322 e. The molecule has 0 aliphatic heterocycles. The van der Waals surface area contributed by atoms with Crippen molar-refractivity contribution in [2.24, 2.45) is 0 Å². The zero-order valence-corrected chi connectivity index (χ0v) is 20.4. The number of Topliss-reactive ketones (excluding diaryl/α,β-unsaturated/α-hetero) is 1. The maximum absolute atomic E-state index is 13.4. The van der Waals surface area contributed by atoms with Crippen LogP contribution in [-0.2, 0) is 0 Å². The van der Waals surface area contributed by atoms with Crippen LogP contribution in [0.15, 0.2) is 90.0 Å². The number of ketones is 1. The van der Waals surface area contributed by atoms with Gasteiger partial charge in [-0.25, -0.2) is 4.98 Å². The quantitative estimate of drug-likeness (QED) is 0.224. The van der Waals surface area contributed by atoms with Crippen LogP contribution in [0.3, 0.4) is 0 Å². The molecular formula is C28H20ClN3O2S. The minimum atomic E-state index is -0.385. The van der Waals surface area contributed by atoms with E-state index in [0.29, 0.717) is 38.1 Å². The van der Waals surface area contributed by atoms with Crippen molar-refractivity contribution in [3.05, 3.63) is 112 Å². The Kier molecular flexibility index (Phi) is 7.61. The van der Waals surface area contributed by atoms with Crippen molar-refractivity contribution >= 4 is 40.7 Å². The molecule has 4 aromatic rings. The fourth-order valence-corrected chi connectivity index (χ4v) is 4.77. The molecule has 0 bridgehead atoms. The Morgan fingerprint density at radius 3 is 2.34 bits per heavy atom. The van der Waals surface area contributed by atoms with Gasteiger partial charge in [0, 0.05) is 21.8 Å². The van der Waals surface area contributed by atoms with Gasteiger partial charge in [-0.3, -0.25) is 9.59 Å². The second kappa shape index (κ2) is 11.0. The van der Waals surface area contributed by atoms with E-state index in [2.05, 4.69) is 16.4 Å². The van der Waals surface area contributed by atoms with Gasteiger partial charge >= 0.3 is 0 Å². The molecule has 0 fully saturated rings. The summed E-state index contributed by atoms with van der Waals surface area (Å²) in [7, 11) is 0. The van der Waals surface area contributed by atoms with E-state index in [4.69, 9.17) is 11.6 Å². The van der Waals surface area contributed by atoms with Crippen LogP contribution in [0.5, 0.6) is 0 Å². The highest BCUT2D eigenvalue weighted by atomic mass is 35.5. The van der Waals surface area contributed by atoms with Crippen molar-refractivity contribution in [3.8, 4) is 17.2 Å². The highest BCUT2D eigenvalue weighted by Crippen LogP contribution is 2.36. The molecule has 0 spiro atoms. The average Bonchev–Trinajstić information content (AvgIpc) is 2.87. The molecule has 4 rings (SSSR count). The SMILES string of the molecule is Cc1nc(SCC(=O)c2ccccc2)c(C#N)c(-c2cccc(Cl)c2)c1C(=O)Nc1ccccc1. The number of benzene rings is 3. The van der Waals surface area contributed by atoms with Gasteiger partial charge in [0.25, 0.3) is 5.91 Å². The number of halogens is 1. The topological polar surface area (TPSA) is 82.8 Å². The Hall–Kier alpha value is -3.92. The van der Waals surface area contributed by atoms with Crippen molar-refractivity contribution in [2.45, 2.75) is 11.9 Å². The predicted molar refractivity (Wildman–Crippen MR) is 140 cm³/mol. The van der Waals surface area contributed by atoms with Crippen LogP contribution < -0.4 is 5.32 Å². The zero-order chi connectivity index (χ0) is 24.8. The minimum absolute atomic E-state index is 0.0749. The lowest BCUT2D eigenvalue weighted by Gasteiger charge is -2.17. The number of anilines is 1. The number of nitrogens with zero attached hydrogens (tertiary/aromatic N) is 2. The fourth-order valence-electron chi connectivity index (χ4n) is 3.65. The third-order valence-corrected chi connectivity index (χ3v) is 6.47. The molecule has 0 saturated carbocycles. The summed E-state index contributed by atoms with van der Waals surface area (Å²) in [6.45, 7) is 1.72. The van der Waals surface area contributed by atoms with E-state index in [0.717, 1.165) is 0 Å². The number of aromatic nitrogens is 1. The smallest absolute Gasteiger partial charge is 0.258 e. The summed E-state index contributed by atoms with van der Waals surface area (Å²) in [5, 5.41) is 13.9. The second-order valence-electron chi connectivity index (χ2n) is 7.65. The van der Waals surface area contributed by atoms with E-state index in [1.807, 2.05) is 24.3 Å². The van der Waals surface area contributed by atoms with Gasteiger partial charge in [-0.15, -0.1) is 0 Å². The molecule has 0 radical (unpaired) electrons. The van der Waals surface area contributed by atoms with Crippen LogP contribution in [0.1, 0.15) is 32.0 Å². The number of hydrogen-bond donors (Lipinski definition) is 1. The van der Waals surface area contributed by atoms with Crippen LogP contribution in [-0.4, -0.2) is 22.4 Å². The summed E-state index contributed by atoms with van der Waals surface area (Å²) < 4.78 is 0. The highest BCUT2D eigenvalue weighted by molar-refractivity contribution is 8.00. The predicted octanol–water partition coefficient (Wildman–Crippen LogP) is 6.81. The Morgan fingerprint density at radius 1 is 1.00 bits per heavy atom. The van der Waals surface area contributed by atoms with Gasteiger partial charge < -0.3 is 5.32 Å². The Morgan fingerprint density at radius 2 is 1.69 bits per heavy atom. The number of carbonyl (C=O) groups excluding carboxylic acids is 2. The molecule has 35 heavy (non-hydrogen) atoms. The number of thioether (sulfide) groups is 1. The maximum Gasteiger partial charge on any atom is 0.258 e. The summed E-state index contributed by atoms with van der Waals surface area (Å²) in [4.78, 5) is 30.6. The third-order valence-electron chi connectivity index (χ3n) is 5.26. The molecule has 3 aromatic carbocycles. The number of para-hydroxylation sites is 1. The van der Waals surface area contributed by atoms with Crippen LogP contribution >= 0.6 is 23.4 Å². The molecule has 0 atom stereocenters. The first-order valence-electron chi connectivity index (χ1n) is 10.8. The van der Waals surface area contributed by atoms with E-state index >= 15 is 0 Å². The maximum atomic E-state index is 13.4. The molecule has 0 aliphatic carbocycles. The van der Waals surface area contributed by atoms with E-state index in [1.165, 1.54) is 11.8 Å². The van der Waals surface area contributed by atoms with Gasteiger partial charge in [0.15, 0.2) is 5.78 Å². The number of pyridine rings is 1. The van der Waals surface area contributed by atoms with E-state index in [-0.39, 0.29) is 28.6 Å². The van der Waals surface area contributed by atoms with Crippen LogP contribution in [0, 0.1) is 18.3 Å². The summed E-state index contributed by atoms with van der Waals surface area (Å²) in [6.07, 6.45) is 0. The number of hydrogen-bond acceptors (Lipinski definition) is 5. The number of carbonyl (C=O) groups is 2. The zero-order valence-electron chi connectivity index (χ0n) is 18.8. The largest absolute Gasteiger partial charge is 0.322 e. The van der Waals surface area contributed by atoms with Crippen LogP contribution in [0.25, 0.3) is 11.1 Å². The summed E-state index contributed by atoms with van der Waals surface area (Å²) in [5.41, 5.74) is 3.22. The van der Waals surface area contributed by atoms with Gasteiger partial charge in [-0.2, -0.15) is 5.26 Å². The van der Waals surface area contributed by atoms with Crippen molar-refractivity contribution < 1.29 is 9.59 Å². The van der Waals surface area contributed by atoms with E-state index in [9.17, 15) is 14.9 Å². The van der Waals surface area contributed by atoms with E-state index < -0.39 is 0 Å². The average molecular weight is 498 g/mol. The Labute approximate surface area is 212 Å². The fraction of sp³-hybridized carbons (Fsp3) is 0.0714. The van der Waals surface area contributed by atoms with Crippen molar-refractivity contribution in [1.82, 2.24) is 4.98 Å². The third kappa shape index (κ3) is 5.60. The lowest BCUT2D eigenvalue weighted by Crippen LogP contribution is -2.17. The molecule has 1 N–H and O–H groups in total. The van der Waals surface area contributed by atoms with E-state index in [1.54, 1.807) is 67.6 Å². The van der Waals surface area contributed by atoms with Crippen molar-refractivity contribution in [1.29, 1.82) is 5.26 Å². The number of rotatable bonds is 7. The second-order valence-corrected chi connectivity index (χ2v) is 9.05. The Bertz CT molecular complexity index is 1430. The standard InChI is InChI=1S/C28H20ClN3O2S/c1-18-25(27(34)32-22-13-6-3-7-14-22)26(20-11-8-12-21(29)15-20)23(16-30)28(31-18)35-17-24(33)19-9-4-2-5-10-19/h2-15H,17H2,1H3,(H,32,34).